The molecule has 1 N–H and O–H groups in total. The summed E-state index contributed by atoms with van der Waals surface area (Å²) >= 11 is 6.14. The molecule has 0 saturated carbocycles. The molecule has 3 rings (SSSR count). The number of rotatable bonds is 4. The Labute approximate surface area is 144 Å². The van der Waals surface area contributed by atoms with E-state index in [1.807, 2.05) is 6.07 Å². The van der Waals surface area contributed by atoms with E-state index >= 15 is 0 Å². The maximum atomic E-state index is 12.6. The highest BCUT2D eigenvalue weighted by Gasteiger charge is 2.17. The molecule has 0 radical (unpaired) electrons. The third-order valence-corrected chi connectivity index (χ3v) is 3.97. The van der Waals surface area contributed by atoms with E-state index in [1.54, 1.807) is 36.4 Å². The third-order valence-electron chi connectivity index (χ3n) is 3.64. The quantitative estimate of drug-likeness (QED) is 0.713. The summed E-state index contributed by atoms with van der Waals surface area (Å²) in [6, 6.07) is 19.4. The molecule has 0 unspecified atom stereocenters. The Kier molecular flexibility index (Phi) is 4.45. The smallest absolute Gasteiger partial charge is 0.194 e. The molecular weight excluding hydrogens is 324 g/mol. The fourth-order valence-corrected chi connectivity index (χ4v) is 2.57. The number of ketones is 2. The molecule has 3 nitrogen and oxygen atoms in total. The Balaban J connectivity index is 1.99. The molecule has 0 aliphatic rings. The largest absolute Gasteiger partial charge is 0.508 e. The van der Waals surface area contributed by atoms with E-state index in [4.69, 9.17) is 11.6 Å². The minimum Gasteiger partial charge on any atom is -0.508 e. The number of halogens is 1. The third kappa shape index (κ3) is 3.21. The Morgan fingerprint density at radius 3 is 1.96 bits per heavy atom. The van der Waals surface area contributed by atoms with Crippen LogP contribution in [0, 0.1) is 0 Å². The van der Waals surface area contributed by atoms with Crippen molar-refractivity contribution in [1.29, 1.82) is 0 Å². The minimum absolute atomic E-state index is 0.0747. The van der Waals surface area contributed by atoms with Crippen molar-refractivity contribution in [2.75, 3.05) is 0 Å². The van der Waals surface area contributed by atoms with Crippen LogP contribution >= 0.6 is 11.6 Å². The zero-order valence-corrected chi connectivity index (χ0v) is 13.3. The van der Waals surface area contributed by atoms with Crippen LogP contribution in [0.25, 0.3) is 0 Å². The summed E-state index contributed by atoms with van der Waals surface area (Å²) in [6.07, 6.45) is 0. The van der Waals surface area contributed by atoms with Crippen LogP contribution < -0.4 is 0 Å². The van der Waals surface area contributed by atoms with Gasteiger partial charge in [-0.05, 0) is 42.5 Å². The zero-order chi connectivity index (χ0) is 17.1. The van der Waals surface area contributed by atoms with E-state index in [2.05, 4.69) is 0 Å². The number of hydrogen-bond acceptors (Lipinski definition) is 3. The summed E-state index contributed by atoms with van der Waals surface area (Å²) in [7, 11) is 0. The van der Waals surface area contributed by atoms with Crippen LogP contribution in [0.2, 0.25) is 5.02 Å². The molecule has 118 valence electrons. The first-order valence-corrected chi connectivity index (χ1v) is 7.67. The van der Waals surface area contributed by atoms with E-state index in [0.29, 0.717) is 16.7 Å². The molecular formula is C20H13ClO3. The number of phenolic OH excluding ortho intramolecular Hbond substituents is 1. The zero-order valence-electron chi connectivity index (χ0n) is 12.6. The lowest BCUT2D eigenvalue weighted by Gasteiger charge is -2.07. The first kappa shape index (κ1) is 16.0. The number of carbonyl (C=O) groups excluding carboxylic acids is 2. The Bertz CT molecular complexity index is 900. The summed E-state index contributed by atoms with van der Waals surface area (Å²) < 4.78 is 0. The molecule has 0 spiro atoms. The first-order chi connectivity index (χ1) is 11.6. The molecule has 24 heavy (non-hydrogen) atoms. The predicted molar refractivity (Wildman–Crippen MR) is 92.9 cm³/mol. The van der Waals surface area contributed by atoms with Gasteiger partial charge in [-0.2, -0.15) is 0 Å². The van der Waals surface area contributed by atoms with Gasteiger partial charge in [0.05, 0.1) is 5.02 Å². The van der Waals surface area contributed by atoms with Gasteiger partial charge in [-0.3, -0.25) is 9.59 Å². The van der Waals surface area contributed by atoms with Gasteiger partial charge < -0.3 is 5.11 Å². The monoisotopic (exact) mass is 336 g/mol. The molecule has 0 heterocycles. The van der Waals surface area contributed by atoms with E-state index in [9.17, 15) is 14.7 Å². The molecule has 0 aliphatic heterocycles. The van der Waals surface area contributed by atoms with E-state index in [1.165, 1.54) is 30.3 Å². The first-order valence-electron chi connectivity index (χ1n) is 7.29. The van der Waals surface area contributed by atoms with E-state index in [0.717, 1.165) is 0 Å². The lowest BCUT2D eigenvalue weighted by Crippen LogP contribution is -2.06. The van der Waals surface area contributed by atoms with Crippen LogP contribution in [-0.4, -0.2) is 16.7 Å². The minimum atomic E-state index is -0.303. The van der Waals surface area contributed by atoms with Gasteiger partial charge in [0.1, 0.15) is 5.75 Å². The van der Waals surface area contributed by atoms with E-state index < -0.39 is 0 Å². The second-order valence-corrected chi connectivity index (χ2v) is 5.67. The van der Waals surface area contributed by atoms with Gasteiger partial charge in [-0.25, -0.2) is 0 Å². The van der Waals surface area contributed by atoms with Crippen molar-refractivity contribution in [3.05, 3.63) is 100 Å². The van der Waals surface area contributed by atoms with Crippen LogP contribution in [0.3, 0.4) is 0 Å². The van der Waals surface area contributed by atoms with Gasteiger partial charge in [0.25, 0.3) is 0 Å². The molecule has 3 aromatic rings. The predicted octanol–water partition coefficient (Wildman–Crippen LogP) is 4.51. The van der Waals surface area contributed by atoms with Crippen molar-refractivity contribution >= 4 is 23.2 Å². The van der Waals surface area contributed by atoms with Gasteiger partial charge >= 0.3 is 0 Å². The molecule has 4 heteroatoms. The Morgan fingerprint density at radius 2 is 1.29 bits per heavy atom. The average molecular weight is 337 g/mol. The fourth-order valence-electron chi connectivity index (χ4n) is 2.37. The molecule has 0 fully saturated rings. The molecule has 3 aromatic carbocycles. The van der Waals surface area contributed by atoms with Crippen molar-refractivity contribution < 1.29 is 14.7 Å². The molecule has 0 aliphatic carbocycles. The second-order valence-electron chi connectivity index (χ2n) is 5.27. The van der Waals surface area contributed by atoms with Crippen LogP contribution in [0.5, 0.6) is 5.75 Å². The molecule has 0 atom stereocenters. The summed E-state index contributed by atoms with van der Waals surface area (Å²) in [5.74, 6) is -0.402. The van der Waals surface area contributed by atoms with Crippen molar-refractivity contribution in [2.45, 2.75) is 0 Å². The molecule has 0 saturated heterocycles. The van der Waals surface area contributed by atoms with Crippen LogP contribution in [0.1, 0.15) is 31.8 Å². The lowest BCUT2D eigenvalue weighted by atomic mass is 9.97. The highest BCUT2D eigenvalue weighted by molar-refractivity contribution is 6.35. The standard InChI is InChI=1S/C20H13ClO3/c21-18-11-8-15(19(23)13-4-2-1-3-5-13)12-17(18)20(24)14-6-9-16(22)10-7-14/h1-12,22H. The number of carbonyl (C=O) groups is 2. The van der Waals surface area contributed by atoms with Gasteiger partial charge in [-0.15, -0.1) is 0 Å². The lowest BCUT2D eigenvalue weighted by molar-refractivity contribution is 0.103. The van der Waals surface area contributed by atoms with Gasteiger partial charge in [0.2, 0.25) is 0 Å². The summed E-state index contributed by atoms with van der Waals surface area (Å²) in [6.45, 7) is 0. The second kappa shape index (κ2) is 6.69. The van der Waals surface area contributed by atoms with Gasteiger partial charge in [0, 0.05) is 22.3 Å². The summed E-state index contributed by atoms with van der Waals surface area (Å²) in [5, 5.41) is 9.60. The van der Waals surface area contributed by atoms with Gasteiger partial charge in [-0.1, -0.05) is 41.9 Å². The van der Waals surface area contributed by atoms with Crippen molar-refractivity contribution in [3.8, 4) is 5.75 Å². The van der Waals surface area contributed by atoms with Crippen molar-refractivity contribution in [1.82, 2.24) is 0 Å². The van der Waals surface area contributed by atoms with E-state index in [-0.39, 0.29) is 27.9 Å². The van der Waals surface area contributed by atoms with Crippen molar-refractivity contribution in [2.24, 2.45) is 0 Å². The number of phenols is 1. The Morgan fingerprint density at radius 1 is 0.708 bits per heavy atom. The average Bonchev–Trinajstić information content (AvgIpc) is 2.62. The number of benzene rings is 3. The molecule has 0 bridgehead atoms. The topological polar surface area (TPSA) is 54.4 Å². The summed E-state index contributed by atoms with van der Waals surface area (Å²) in [4.78, 5) is 25.1. The maximum Gasteiger partial charge on any atom is 0.194 e. The van der Waals surface area contributed by atoms with Crippen LogP contribution in [0.4, 0.5) is 0 Å². The normalized spacial score (nSPS) is 10.4. The Hall–Kier alpha value is -2.91. The highest BCUT2D eigenvalue weighted by atomic mass is 35.5. The molecule has 0 aromatic heterocycles. The van der Waals surface area contributed by atoms with Crippen LogP contribution in [-0.2, 0) is 0 Å². The SMILES string of the molecule is O=C(c1ccccc1)c1ccc(Cl)c(C(=O)c2ccc(O)cc2)c1. The summed E-state index contributed by atoms with van der Waals surface area (Å²) in [5.41, 5.74) is 1.58. The maximum absolute atomic E-state index is 12.6. The van der Waals surface area contributed by atoms with Gasteiger partial charge in [0.15, 0.2) is 11.6 Å². The van der Waals surface area contributed by atoms with Crippen LogP contribution in [0.15, 0.2) is 72.8 Å². The van der Waals surface area contributed by atoms with Crippen molar-refractivity contribution in [3.63, 3.8) is 0 Å². The number of hydrogen-bond donors (Lipinski definition) is 1. The number of aromatic hydroxyl groups is 1. The molecule has 0 amide bonds. The highest BCUT2D eigenvalue weighted by Crippen LogP contribution is 2.23. The fraction of sp³-hybridized carbons (Fsp3) is 0.